The Labute approximate surface area is 203 Å². The minimum Gasteiger partial charge on any atom is -0.317 e. The maximum absolute atomic E-state index is 13.8. The number of hydrogen-bond acceptors (Lipinski definition) is 4. The molecule has 2 amide bonds. The first-order chi connectivity index (χ1) is 16.3. The molecule has 2 aliphatic carbocycles. The summed E-state index contributed by atoms with van der Waals surface area (Å²) in [6.07, 6.45) is 8.71. The van der Waals surface area contributed by atoms with Gasteiger partial charge in [0.1, 0.15) is 0 Å². The second-order valence-electron chi connectivity index (χ2n) is 10.5. The molecule has 0 bridgehead atoms. The molecule has 1 aliphatic heterocycles. The molecule has 3 fully saturated rings. The predicted molar refractivity (Wildman–Crippen MR) is 135 cm³/mol. The van der Waals surface area contributed by atoms with Crippen molar-refractivity contribution in [1.29, 1.82) is 0 Å². The van der Waals surface area contributed by atoms with Gasteiger partial charge < -0.3 is 10.2 Å². The van der Waals surface area contributed by atoms with Crippen LogP contribution in [0.25, 0.3) is 0 Å². The molecule has 0 unspecified atom stereocenters. The third-order valence-electron chi connectivity index (χ3n) is 8.57. The fraction of sp³-hybridized carbons (Fsp3) is 0.519. The fourth-order valence-electron chi connectivity index (χ4n) is 6.09. The van der Waals surface area contributed by atoms with Crippen LogP contribution in [-0.4, -0.2) is 51.3 Å². The summed E-state index contributed by atoms with van der Waals surface area (Å²) in [5.74, 6) is 0.596. The topological polar surface area (TPSA) is 69.7 Å². The van der Waals surface area contributed by atoms with E-state index < -0.39 is 9.84 Å². The second-order valence-corrected chi connectivity index (χ2v) is 12.5. The van der Waals surface area contributed by atoms with E-state index >= 15 is 0 Å². The van der Waals surface area contributed by atoms with Gasteiger partial charge in [-0.25, -0.2) is 13.2 Å². The van der Waals surface area contributed by atoms with Gasteiger partial charge in [0.2, 0.25) is 0 Å². The molecule has 5 rings (SSSR count). The van der Waals surface area contributed by atoms with Crippen molar-refractivity contribution in [2.24, 2.45) is 5.92 Å². The van der Waals surface area contributed by atoms with Crippen molar-refractivity contribution < 1.29 is 13.2 Å². The summed E-state index contributed by atoms with van der Waals surface area (Å²) in [7, 11) is -1.22. The summed E-state index contributed by atoms with van der Waals surface area (Å²) in [5, 5.41) is 3.62. The maximum Gasteiger partial charge on any atom is 0.325 e. The summed E-state index contributed by atoms with van der Waals surface area (Å²) in [6.45, 7) is 1.49. The number of carbonyl (C=O) groups excluding carboxylic acids is 1. The zero-order valence-electron chi connectivity index (χ0n) is 20.2. The van der Waals surface area contributed by atoms with Crippen LogP contribution >= 0.6 is 0 Å². The highest BCUT2D eigenvalue weighted by molar-refractivity contribution is 7.90. The lowest BCUT2D eigenvalue weighted by Crippen LogP contribution is -2.56. The van der Waals surface area contributed by atoms with Gasteiger partial charge in [0.15, 0.2) is 9.84 Å². The SMILES string of the molecule is CNC1(c2ccccc2)CCC2(CC1)CN(c1ccc(S(C)(=O)=O)cc1)C(=O)N2CC1CCC1. The number of nitrogens with zero attached hydrogens (tertiary/aromatic N) is 2. The minimum atomic E-state index is -3.27. The van der Waals surface area contributed by atoms with Crippen LogP contribution in [0.5, 0.6) is 0 Å². The van der Waals surface area contributed by atoms with E-state index in [9.17, 15) is 13.2 Å². The van der Waals surface area contributed by atoms with E-state index in [4.69, 9.17) is 0 Å². The van der Waals surface area contributed by atoms with Crippen molar-refractivity contribution in [2.45, 2.75) is 60.9 Å². The summed E-state index contributed by atoms with van der Waals surface area (Å²) in [5.41, 5.74) is 1.84. The normalized spacial score (nSPS) is 27.9. The average Bonchev–Trinajstić information content (AvgIpc) is 3.08. The molecule has 2 aromatic rings. The first-order valence-electron chi connectivity index (χ1n) is 12.4. The Balaban J connectivity index is 1.43. The highest BCUT2D eigenvalue weighted by Crippen LogP contribution is 2.48. The Morgan fingerprint density at radius 1 is 0.971 bits per heavy atom. The molecule has 0 atom stereocenters. The highest BCUT2D eigenvalue weighted by Gasteiger charge is 2.54. The lowest BCUT2D eigenvalue weighted by molar-refractivity contribution is 0.0593. The van der Waals surface area contributed by atoms with E-state index in [0.29, 0.717) is 12.5 Å². The van der Waals surface area contributed by atoms with Crippen molar-refractivity contribution in [1.82, 2.24) is 10.2 Å². The Bertz CT molecular complexity index is 1140. The van der Waals surface area contributed by atoms with Gasteiger partial charge >= 0.3 is 6.03 Å². The van der Waals surface area contributed by atoms with E-state index in [1.54, 1.807) is 24.3 Å². The molecule has 1 saturated heterocycles. The van der Waals surface area contributed by atoms with E-state index in [1.807, 2.05) is 11.9 Å². The predicted octanol–water partition coefficient (Wildman–Crippen LogP) is 4.56. The monoisotopic (exact) mass is 481 g/mol. The fourth-order valence-corrected chi connectivity index (χ4v) is 6.72. The molecule has 1 N–H and O–H groups in total. The number of sulfone groups is 1. The molecule has 1 heterocycles. The van der Waals surface area contributed by atoms with Crippen LogP contribution in [-0.2, 0) is 15.4 Å². The van der Waals surface area contributed by atoms with Crippen molar-refractivity contribution in [3.05, 3.63) is 60.2 Å². The van der Waals surface area contributed by atoms with Crippen LogP contribution in [0.1, 0.15) is 50.5 Å². The zero-order chi connectivity index (χ0) is 24.0. The Kier molecular flexibility index (Phi) is 5.97. The molecule has 2 aromatic carbocycles. The molecular formula is C27H35N3O3S. The molecule has 182 valence electrons. The maximum atomic E-state index is 13.8. The van der Waals surface area contributed by atoms with Gasteiger partial charge in [-0.1, -0.05) is 36.8 Å². The largest absolute Gasteiger partial charge is 0.325 e. The molecule has 6 nitrogen and oxygen atoms in total. The first-order valence-corrected chi connectivity index (χ1v) is 14.3. The van der Waals surface area contributed by atoms with E-state index in [1.165, 1.54) is 31.1 Å². The highest BCUT2D eigenvalue weighted by atomic mass is 32.2. The summed E-state index contributed by atoms with van der Waals surface area (Å²) in [4.78, 5) is 18.1. The van der Waals surface area contributed by atoms with E-state index in [2.05, 4.69) is 40.5 Å². The quantitative estimate of drug-likeness (QED) is 0.657. The van der Waals surface area contributed by atoms with Gasteiger partial charge in [-0.15, -0.1) is 0 Å². The number of rotatable bonds is 6. The number of amides is 2. The van der Waals surface area contributed by atoms with Crippen molar-refractivity contribution in [3.8, 4) is 0 Å². The van der Waals surface area contributed by atoms with Crippen LogP contribution in [0.15, 0.2) is 59.5 Å². The molecule has 7 heteroatoms. The summed E-state index contributed by atoms with van der Waals surface area (Å²) < 4.78 is 23.8. The molecule has 1 spiro atoms. The van der Waals surface area contributed by atoms with Gasteiger partial charge in [0.05, 0.1) is 17.0 Å². The first kappa shape index (κ1) is 23.4. The van der Waals surface area contributed by atoms with Gasteiger partial charge in [-0.05, 0) is 81.3 Å². The Hall–Kier alpha value is -2.38. The van der Waals surface area contributed by atoms with Crippen LogP contribution in [0.4, 0.5) is 10.5 Å². The zero-order valence-corrected chi connectivity index (χ0v) is 21.0. The van der Waals surface area contributed by atoms with Crippen LogP contribution in [0, 0.1) is 5.92 Å². The lowest BCUT2D eigenvalue weighted by atomic mass is 9.68. The summed E-state index contributed by atoms with van der Waals surface area (Å²) >= 11 is 0. The molecule has 3 aliphatic rings. The van der Waals surface area contributed by atoms with Gasteiger partial charge in [0, 0.05) is 24.0 Å². The third-order valence-corrected chi connectivity index (χ3v) is 9.70. The van der Waals surface area contributed by atoms with Crippen molar-refractivity contribution in [3.63, 3.8) is 0 Å². The molecule has 0 aromatic heterocycles. The third kappa shape index (κ3) is 4.03. The number of benzene rings is 2. The molecular weight excluding hydrogens is 446 g/mol. The minimum absolute atomic E-state index is 0.0654. The molecule has 2 saturated carbocycles. The van der Waals surface area contributed by atoms with Crippen LogP contribution in [0.2, 0.25) is 0 Å². The second kappa shape index (κ2) is 8.68. The lowest BCUT2D eigenvalue weighted by Gasteiger charge is -2.49. The van der Waals surface area contributed by atoms with Gasteiger partial charge in [-0.3, -0.25) is 4.90 Å². The molecule has 34 heavy (non-hydrogen) atoms. The van der Waals surface area contributed by atoms with Crippen molar-refractivity contribution in [2.75, 3.05) is 31.3 Å². The van der Waals surface area contributed by atoms with Crippen LogP contribution in [0.3, 0.4) is 0 Å². The number of hydrogen-bond donors (Lipinski definition) is 1. The van der Waals surface area contributed by atoms with Gasteiger partial charge in [0.25, 0.3) is 0 Å². The number of urea groups is 1. The Morgan fingerprint density at radius 2 is 1.62 bits per heavy atom. The van der Waals surface area contributed by atoms with Crippen molar-refractivity contribution >= 4 is 21.6 Å². The number of carbonyl (C=O) groups is 1. The van der Waals surface area contributed by atoms with Gasteiger partial charge in [-0.2, -0.15) is 0 Å². The van der Waals surface area contributed by atoms with E-state index in [-0.39, 0.29) is 22.0 Å². The Morgan fingerprint density at radius 3 is 2.15 bits per heavy atom. The summed E-state index contributed by atoms with van der Waals surface area (Å²) in [6, 6.07) is 17.5. The smallest absolute Gasteiger partial charge is 0.317 e. The van der Waals surface area contributed by atoms with E-state index in [0.717, 1.165) is 37.9 Å². The number of anilines is 1. The van der Waals surface area contributed by atoms with Crippen LogP contribution < -0.4 is 10.2 Å². The average molecular weight is 482 g/mol. The molecule has 0 radical (unpaired) electrons. The number of nitrogens with one attached hydrogen (secondary N) is 1. The standard InChI is InChI=1S/C27H35N3O3S/c1-28-27(22-9-4-3-5-10-22)17-15-26(16-18-27)20-29(25(31)30(26)19-21-7-6-8-21)23-11-13-24(14-12-23)34(2,32)33/h3-5,9-14,21,28H,6-8,15-20H2,1-2H3.